The van der Waals surface area contributed by atoms with Crippen LogP contribution in [0.1, 0.15) is 34.8 Å². The van der Waals surface area contributed by atoms with Crippen molar-refractivity contribution in [3.8, 4) is 10.6 Å². The molecule has 0 saturated carbocycles. The molecule has 1 fully saturated rings. The number of aromatic nitrogens is 2. The Morgan fingerprint density at radius 2 is 1.83 bits per heavy atom. The van der Waals surface area contributed by atoms with Crippen molar-refractivity contribution in [1.29, 1.82) is 0 Å². The molecule has 0 N–H and O–H groups in total. The zero-order valence-electron chi connectivity index (χ0n) is 20.9. The van der Waals surface area contributed by atoms with Crippen LogP contribution in [-0.4, -0.2) is 77.0 Å². The molecule has 36 heavy (non-hydrogen) atoms. The van der Waals surface area contributed by atoms with E-state index in [-0.39, 0.29) is 18.0 Å². The smallest absolute Gasteiger partial charge is 0.339 e. The van der Waals surface area contributed by atoms with Crippen LogP contribution in [0, 0.1) is 0 Å². The maximum atomic E-state index is 13.3. The van der Waals surface area contributed by atoms with Gasteiger partial charge in [-0.3, -0.25) is 9.69 Å². The molecular formula is C27H31N5O3S. The lowest BCUT2D eigenvalue weighted by atomic mass is 10.1. The molecule has 1 saturated heterocycles. The fourth-order valence-electron chi connectivity index (χ4n) is 5.04. The lowest BCUT2D eigenvalue weighted by Gasteiger charge is -2.45. The van der Waals surface area contributed by atoms with Crippen LogP contribution >= 0.6 is 11.3 Å². The van der Waals surface area contributed by atoms with Gasteiger partial charge < -0.3 is 14.5 Å². The second-order valence-electron chi connectivity index (χ2n) is 9.49. The second kappa shape index (κ2) is 10.4. The Morgan fingerprint density at radius 1 is 1.08 bits per heavy atom. The first-order valence-corrected chi connectivity index (χ1v) is 13.1. The van der Waals surface area contributed by atoms with Gasteiger partial charge in [0.1, 0.15) is 10.8 Å². The monoisotopic (exact) mass is 505 g/mol. The van der Waals surface area contributed by atoms with Crippen molar-refractivity contribution in [3.05, 3.63) is 64.8 Å². The molecule has 9 heteroatoms. The van der Waals surface area contributed by atoms with Gasteiger partial charge in [0.25, 0.3) is 0 Å². The van der Waals surface area contributed by atoms with E-state index in [9.17, 15) is 9.59 Å². The molecule has 0 unspecified atom stereocenters. The molecule has 1 aromatic carbocycles. The molecule has 5 rings (SSSR count). The van der Waals surface area contributed by atoms with Crippen molar-refractivity contribution in [3.63, 3.8) is 0 Å². The van der Waals surface area contributed by atoms with Gasteiger partial charge >= 0.3 is 5.97 Å². The highest BCUT2D eigenvalue weighted by atomic mass is 32.1. The molecular weight excluding hydrogens is 474 g/mol. The average molecular weight is 506 g/mol. The summed E-state index contributed by atoms with van der Waals surface area (Å²) in [6.07, 6.45) is 2.36. The molecule has 0 aliphatic carbocycles. The van der Waals surface area contributed by atoms with E-state index in [0.717, 1.165) is 41.6 Å². The number of fused-ring (bicyclic) bond motifs is 1. The van der Waals surface area contributed by atoms with E-state index in [1.807, 2.05) is 29.2 Å². The highest BCUT2D eigenvalue weighted by molar-refractivity contribution is 7.15. The van der Waals surface area contributed by atoms with Crippen molar-refractivity contribution in [1.82, 2.24) is 19.8 Å². The summed E-state index contributed by atoms with van der Waals surface area (Å²) in [5.74, 6) is 0.608. The van der Waals surface area contributed by atoms with Gasteiger partial charge in [0.05, 0.1) is 31.5 Å². The second-order valence-corrected chi connectivity index (χ2v) is 10.6. The Hall–Kier alpha value is -3.30. The Morgan fingerprint density at radius 3 is 2.50 bits per heavy atom. The molecule has 1 amide bonds. The van der Waals surface area contributed by atoms with Crippen molar-refractivity contribution in [2.75, 3.05) is 38.2 Å². The number of amides is 1. The zero-order chi connectivity index (χ0) is 25.2. The van der Waals surface area contributed by atoms with Crippen LogP contribution < -0.4 is 4.90 Å². The van der Waals surface area contributed by atoms with Gasteiger partial charge in [-0.2, -0.15) is 0 Å². The Labute approximate surface area is 215 Å². The molecule has 2 aromatic heterocycles. The number of benzene rings is 1. The third-order valence-corrected chi connectivity index (χ3v) is 8.15. The molecule has 3 aromatic rings. The van der Waals surface area contributed by atoms with Gasteiger partial charge in [-0.05, 0) is 26.0 Å². The maximum absolute atomic E-state index is 13.3. The fourth-order valence-corrected chi connectivity index (χ4v) is 6.16. The summed E-state index contributed by atoms with van der Waals surface area (Å²) in [7, 11) is 1.36. The van der Waals surface area contributed by atoms with Crippen LogP contribution in [-0.2, 0) is 22.5 Å². The lowest BCUT2D eigenvalue weighted by molar-refractivity contribution is -0.134. The number of rotatable bonds is 5. The number of esters is 1. The van der Waals surface area contributed by atoms with Gasteiger partial charge in [0.2, 0.25) is 5.91 Å². The van der Waals surface area contributed by atoms with Crippen LogP contribution in [0.2, 0.25) is 0 Å². The van der Waals surface area contributed by atoms with E-state index in [1.54, 1.807) is 23.6 Å². The average Bonchev–Trinajstić information content (AvgIpc) is 3.34. The number of methoxy groups -OCH3 is 1. The number of ether oxygens (including phenoxy) is 1. The van der Waals surface area contributed by atoms with Gasteiger partial charge in [-0.1, -0.05) is 30.3 Å². The predicted molar refractivity (Wildman–Crippen MR) is 140 cm³/mol. The van der Waals surface area contributed by atoms with Crippen LogP contribution in [0.3, 0.4) is 0 Å². The van der Waals surface area contributed by atoms with Crippen molar-refractivity contribution >= 4 is 29.0 Å². The number of pyridine rings is 1. The fraction of sp³-hybridized carbons (Fsp3) is 0.407. The van der Waals surface area contributed by atoms with Crippen LogP contribution in [0.5, 0.6) is 0 Å². The van der Waals surface area contributed by atoms with Crippen LogP contribution in [0.4, 0.5) is 5.82 Å². The Bertz CT molecular complexity index is 1220. The summed E-state index contributed by atoms with van der Waals surface area (Å²) in [5, 5.41) is 1.03. The first-order chi connectivity index (χ1) is 17.4. The number of hydrogen-bond acceptors (Lipinski definition) is 8. The number of nitrogens with zero attached hydrogens (tertiary/aromatic N) is 5. The van der Waals surface area contributed by atoms with Gasteiger partial charge in [0, 0.05) is 54.8 Å². The molecule has 0 bridgehead atoms. The number of thiazole rings is 1. The summed E-state index contributed by atoms with van der Waals surface area (Å²) < 4.78 is 4.76. The number of carbonyl (C=O) groups is 2. The van der Waals surface area contributed by atoms with E-state index >= 15 is 0 Å². The molecule has 0 spiro atoms. The van der Waals surface area contributed by atoms with Crippen molar-refractivity contribution in [2.45, 2.75) is 38.9 Å². The number of carbonyl (C=O) groups excluding carboxylic acids is 2. The molecule has 2 aliphatic heterocycles. The van der Waals surface area contributed by atoms with Gasteiger partial charge in [-0.25, -0.2) is 14.8 Å². The summed E-state index contributed by atoms with van der Waals surface area (Å²) in [6.45, 7) is 7.60. The third kappa shape index (κ3) is 4.99. The summed E-state index contributed by atoms with van der Waals surface area (Å²) >= 11 is 1.70. The topological polar surface area (TPSA) is 78.9 Å². The molecule has 0 radical (unpaired) electrons. The lowest BCUT2D eigenvalue weighted by Crippen LogP contribution is -2.59. The summed E-state index contributed by atoms with van der Waals surface area (Å²) in [5.41, 5.74) is 2.70. The molecule has 2 aliphatic rings. The van der Waals surface area contributed by atoms with Crippen LogP contribution in [0.15, 0.2) is 48.7 Å². The maximum Gasteiger partial charge on any atom is 0.339 e. The Balaban J connectivity index is 1.20. The predicted octanol–water partition coefficient (Wildman–Crippen LogP) is 3.48. The molecule has 8 nitrogen and oxygen atoms in total. The van der Waals surface area contributed by atoms with E-state index in [4.69, 9.17) is 9.72 Å². The summed E-state index contributed by atoms with van der Waals surface area (Å²) in [6, 6.07) is 14.2. The first kappa shape index (κ1) is 24.4. The number of piperazine rings is 1. The van der Waals surface area contributed by atoms with Crippen molar-refractivity contribution in [2.24, 2.45) is 0 Å². The molecule has 4 heterocycles. The van der Waals surface area contributed by atoms with E-state index in [0.29, 0.717) is 25.2 Å². The van der Waals surface area contributed by atoms with E-state index in [2.05, 4.69) is 40.8 Å². The van der Waals surface area contributed by atoms with Gasteiger partial charge in [-0.15, -0.1) is 11.3 Å². The minimum Gasteiger partial charge on any atom is -0.465 e. The largest absolute Gasteiger partial charge is 0.465 e. The SMILES string of the molecule is COC(=O)c1ccc(N2C[C@@H](C)N(CC(=O)N3CCc4nc(-c5ccccc5)sc4C3)[C@@H](C)C2)nc1. The molecule has 2 atom stereocenters. The normalized spacial score (nSPS) is 20.2. The standard InChI is InChI=1S/C27H31N5O3S/c1-18-14-31(24-10-9-21(13-28-24)27(34)35-3)15-19(2)32(18)17-25(33)30-12-11-22-23(16-30)36-26(29-22)20-7-5-4-6-8-20/h4-10,13,18-19H,11-12,14-17H2,1-3H3/t18-,19+. The minimum atomic E-state index is -0.390. The first-order valence-electron chi connectivity index (χ1n) is 12.3. The summed E-state index contributed by atoms with van der Waals surface area (Å²) in [4.78, 5) is 42.0. The van der Waals surface area contributed by atoms with E-state index < -0.39 is 5.97 Å². The minimum absolute atomic E-state index is 0.169. The molecule has 188 valence electrons. The van der Waals surface area contributed by atoms with Crippen LogP contribution in [0.25, 0.3) is 10.6 Å². The highest BCUT2D eigenvalue weighted by Gasteiger charge is 2.33. The number of anilines is 1. The third-order valence-electron chi connectivity index (χ3n) is 7.02. The van der Waals surface area contributed by atoms with Crippen molar-refractivity contribution < 1.29 is 14.3 Å². The Kier molecular flexibility index (Phi) is 7.02. The highest BCUT2D eigenvalue weighted by Crippen LogP contribution is 2.32. The van der Waals surface area contributed by atoms with E-state index in [1.165, 1.54) is 12.0 Å². The zero-order valence-corrected chi connectivity index (χ0v) is 21.7. The number of hydrogen-bond donors (Lipinski definition) is 0. The van der Waals surface area contributed by atoms with Gasteiger partial charge in [0.15, 0.2) is 0 Å². The quantitative estimate of drug-likeness (QED) is 0.491.